The molecule has 0 saturated carbocycles. The van der Waals surface area contributed by atoms with Crippen LogP contribution in [0.2, 0.25) is 5.02 Å². The van der Waals surface area contributed by atoms with E-state index >= 15 is 0 Å². The normalized spacial score (nSPS) is 12.9. The molecular weight excluding hydrogens is 260 g/mol. The van der Waals surface area contributed by atoms with Gasteiger partial charge in [-0.05, 0) is 60.4 Å². The first-order valence-electron chi connectivity index (χ1n) is 6.11. The van der Waals surface area contributed by atoms with Crippen LogP contribution < -0.4 is 11.1 Å². The number of hydrogen-bond donors (Lipinski definition) is 2. The lowest BCUT2D eigenvalue weighted by Crippen LogP contribution is -2.11. The van der Waals surface area contributed by atoms with Crippen LogP contribution >= 0.6 is 11.6 Å². The minimum Gasteiger partial charge on any atom is -0.366 e. The van der Waals surface area contributed by atoms with E-state index in [2.05, 4.69) is 5.32 Å². The monoisotopic (exact) mass is 272 g/mol. The number of benzene rings is 2. The van der Waals surface area contributed by atoms with Gasteiger partial charge in [0.25, 0.3) is 0 Å². The summed E-state index contributed by atoms with van der Waals surface area (Å²) in [7, 11) is 0. The van der Waals surface area contributed by atoms with E-state index in [0.717, 1.165) is 34.8 Å². The van der Waals surface area contributed by atoms with Crippen molar-refractivity contribution in [2.24, 2.45) is 5.73 Å². The standard InChI is InChI=1S/C15H13ClN2O/c16-12-4-6-14-10(8-12)2-1-9-7-11(15(17)19)3-5-13(9)18-14/h3-8,18H,1-2H2,(H2,17,19). The number of nitrogens with two attached hydrogens (primary N) is 1. The first-order valence-corrected chi connectivity index (χ1v) is 6.49. The van der Waals surface area contributed by atoms with Crippen molar-refractivity contribution >= 4 is 28.9 Å². The van der Waals surface area contributed by atoms with Gasteiger partial charge in [0.05, 0.1) is 0 Å². The van der Waals surface area contributed by atoms with E-state index in [0.29, 0.717) is 5.56 Å². The zero-order valence-corrected chi connectivity index (χ0v) is 11.0. The Morgan fingerprint density at radius 3 is 2.37 bits per heavy atom. The van der Waals surface area contributed by atoms with Gasteiger partial charge < -0.3 is 11.1 Å². The maximum atomic E-state index is 11.2. The number of anilines is 2. The molecule has 1 aliphatic rings. The molecule has 0 bridgehead atoms. The SMILES string of the molecule is NC(=O)c1ccc2c(c1)CCc1cc(Cl)ccc1N2. The zero-order valence-electron chi connectivity index (χ0n) is 10.2. The van der Waals surface area contributed by atoms with E-state index in [1.165, 1.54) is 5.56 Å². The van der Waals surface area contributed by atoms with Gasteiger partial charge >= 0.3 is 0 Å². The van der Waals surface area contributed by atoms with E-state index in [1.807, 2.05) is 30.3 Å². The number of nitrogens with one attached hydrogen (secondary N) is 1. The highest BCUT2D eigenvalue weighted by Gasteiger charge is 2.14. The lowest BCUT2D eigenvalue weighted by molar-refractivity contribution is 0.1000. The predicted molar refractivity (Wildman–Crippen MR) is 77.1 cm³/mol. The average molecular weight is 273 g/mol. The number of fused-ring (bicyclic) bond motifs is 2. The Kier molecular flexibility index (Phi) is 2.91. The molecule has 2 aromatic rings. The van der Waals surface area contributed by atoms with Gasteiger partial charge in [-0.1, -0.05) is 11.6 Å². The van der Waals surface area contributed by atoms with Crippen LogP contribution in [0.15, 0.2) is 36.4 Å². The Hall–Kier alpha value is -2.00. The Morgan fingerprint density at radius 2 is 1.68 bits per heavy atom. The topological polar surface area (TPSA) is 55.1 Å². The quantitative estimate of drug-likeness (QED) is 0.837. The summed E-state index contributed by atoms with van der Waals surface area (Å²) in [5.41, 5.74) is 10.2. The molecule has 3 N–H and O–H groups in total. The van der Waals surface area contributed by atoms with Gasteiger partial charge in [-0.25, -0.2) is 0 Å². The molecule has 0 atom stereocenters. The fourth-order valence-electron chi connectivity index (χ4n) is 2.38. The molecule has 96 valence electrons. The number of carbonyl (C=O) groups excluding carboxylic acids is 1. The number of aryl methyl sites for hydroxylation is 2. The Labute approximate surface area is 116 Å². The maximum absolute atomic E-state index is 11.2. The third-order valence-corrected chi connectivity index (χ3v) is 3.63. The molecule has 0 aliphatic carbocycles. The lowest BCUT2D eigenvalue weighted by atomic mass is 10.0. The molecule has 0 unspecified atom stereocenters. The number of primary amides is 1. The van der Waals surface area contributed by atoms with Crippen molar-refractivity contribution < 1.29 is 4.79 Å². The largest absolute Gasteiger partial charge is 0.366 e. The van der Waals surface area contributed by atoms with Gasteiger partial charge in [0.15, 0.2) is 0 Å². The summed E-state index contributed by atoms with van der Waals surface area (Å²) in [5.74, 6) is -0.396. The van der Waals surface area contributed by atoms with Gasteiger partial charge in [0.1, 0.15) is 0 Å². The van der Waals surface area contributed by atoms with Crippen LogP contribution in [0.4, 0.5) is 11.4 Å². The first-order chi connectivity index (χ1) is 9.13. The number of carbonyl (C=O) groups is 1. The van der Waals surface area contributed by atoms with Crippen molar-refractivity contribution in [1.82, 2.24) is 0 Å². The molecule has 0 spiro atoms. The summed E-state index contributed by atoms with van der Waals surface area (Å²) < 4.78 is 0. The third-order valence-electron chi connectivity index (χ3n) is 3.39. The van der Waals surface area contributed by atoms with Gasteiger partial charge in [-0.3, -0.25) is 4.79 Å². The molecule has 0 saturated heterocycles. The maximum Gasteiger partial charge on any atom is 0.248 e. The van der Waals surface area contributed by atoms with Gasteiger partial charge in [-0.2, -0.15) is 0 Å². The number of rotatable bonds is 1. The number of hydrogen-bond acceptors (Lipinski definition) is 2. The molecule has 1 amide bonds. The van der Waals surface area contributed by atoms with Gasteiger partial charge in [0.2, 0.25) is 5.91 Å². The van der Waals surface area contributed by atoms with Crippen LogP contribution in [-0.2, 0) is 12.8 Å². The molecular formula is C15H13ClN2O. The highest BCUT2D eigenvalue weighted by Crippen LogP contribution is 2.31. The molecule has 0 radical (unpaired) electrons. The lowest BCUT2D eigenvalue weighted by Gasteiger charge is -2.10. The van der Waals surface area contributed by atoms with Crippen molar-refractivity contribution in [1.29, 1.82) is 0 Å². The predicted octanol–water partition coefficient (Wildman–Crippen LogP) is 3.28. The van der Waals surface area contributed by atoms with Crippen molar-refractivity contribution in [3.63, 3.8) is 0 Å². The summed E-state index contributed by atoms with van der Waals surface area (Å²) in [4.78, 5) is 11.2. The van der Waals surface area contributed by atoms with E-state index in [4.69, 9.17) is 17.3 Å². The molecule has 3 rings (SSSR count). The summed E-state index contributed by atoms with van der Waals surface area (Å²) in [6.07, 6.45) is 1.74. The molecule has 1 aliphatic heterocycles. The van der Waals surface area contributed by atoms with Crippen LogP contribution in [0.1, 0.15) is 21.5 Å². The summed E-state index contributed by atoms with van der Waals surface area (Å²) in [6, 6.07) is 11.3. The minimum atomic E-state index is -0.396. The highest BCUT2D eigenvalue weighted by atomic mass is 35.5. The van der Waals surface area contributed by atoms with Crippen molar-refractivity contribution in [2.75, 3.05) is 5.32 Å². The molecule has 2 aromatic carbocycles. The fraction of sp³-hybridized carbons (Fsp3) is 0.133. The zero-order chi connectivity index (χ0) is 13.4. The van der Waals surface area contributed by atoms with Crippen LogP contribution in [0.3, 0.4) is 0 Å². The summed E-state index contributed by atoms with van der Waals surface area (Å²) in [6.45, 7) is 0. The summed E-state index contributed by atoms with van der Waals surface area (Å²) in [5, 5.41) is 4.13. The second-order valence-electron chi connectivity index (χ2n) is 4.66. The molecule has 0 aromatic heterocycles. The molecule has 4 heteroatoms. The minimum absolute atomic E-state index is 0.396. The Balaban J connectivity index is 2.03. The van der Waals surface area contributed by atoms with Crippen LogP contribution in [-0.4, -0.2) is 5.91 Å². The molecule has 0 fully saturated rings. The van der Waals surface area contributed by atoms with E-state index in [1.54, 1.807) is 6.07 Å². The van der Waals surface area contributed by atoms with Gasteiger partial charge in [-0.15, -0.1) is 0 Å². The van der Waals surface area contributed by atoms with Crippen LogP contribution in [0, 0.1) is 0 Å². The smallest absolute Gasteiger partial charge is 0.248 e. The Morgan fingerprint density at radius 1 is 1.05 bits per heavy atom. The average Bonchev–Trinajstić information content (AvgIpc) is 2.56. The van der Waals surface area contributed by atoms with Gasteiger partial charge in [0, 0.05) is 22.0 Å². The first kappa shape index (κ1) is 12.1. The van der Waals surface area contributed by atoms with E-state index in [-0.39, 0.29) is 0 Å². The van der Waals surface area contributed by atoms with E-state index < -0.39 is 5.91 Å². The highest BCUT2D eigenvalue weighted by molar-refractivity contribution is 6.30. The third kappa shape index (κ3) is 2.29. The molecule has 1 heterocycles. The number of amides is 1. The summed E-state index contributed by atoms with van der Waals surface area (Å²) >= 11 is 6.02. The van der Waals surface area contributed by atoms with Crippen molar-refractivity contribution in [3.8, 4) is 0 Å². The molecule has 3 nitrogen and oxygen atoms in total. The molecule has 19 heavy (non-hydrogen) atoms. The fourth-order valence-corrected chi connectivity index (χ4v) is 2.58. The number of halogens is 1. The second kappa shape index (κ2) is 4.59. The van der Waals surface area contributed by atoms with Crippen LogP contribution in [0.25, 0.3) is 0 Å². The Bertz CT molecular complexity index is 667. The van der Waals surface area contributed by atoms with E-state index in [9.17, 15) is 4.79 Å². The van der Waals surface area contributed by atoms with Crippen molar-refractivity contribution in [2.45, 2.75) is 12.8 Å². The van der Waals surface area contributed by atoms with Crippen LogP contribution in [0.5, 0.6) is 0 Å². The van der Waals surface area contributed by atoms with Crippen molar-refractivity contribution in [3.05, 3.63) is 58.1 Å². The second-order valence-corrected chi connectivity index (χ2v) is 5.10.